The molecule has 0 aromatic heterocycles. The molecule has 1 saturated heterocycles. The van der Waals surface area contributed by atoms with Crippen molar-refractivity contribution in [1.29, 1.82) is 5.26 Å². The molecule has 0 aromatic carbocycles. The van der Waals surface area contributed by atoms with Gasteiger partial charge in [-0.3, -0.25) is 0 Å². The maximum atomic E-state index is 8.45. The lowest BCUT2D eigenvalue weighted by Gasteiger charge is -2.03. The maximum Gasteiger partial charge on any atom is 0.179 e. The van der Waals surface area contributed by atoms with Gasteiger partial charge in [-0.05, 0) is 5.92 Å². The van der Waals surface area contributed by atoms with Crippen LogP contribution in [0.5, 0.6) is 0 Å². The third kappa shape index (κ3) is 0.597. The van der Waals surface area contributed by atoms with Crippen molar-refractivity contribution in [3.05, 3.63) is 0 Å². The number of nitriles is 1. The first-order chi connectivity index (χ1) is 3.71. The van der Waals surface area contributed by atoms with E-state index < -0.39 is 5.60 Å². The monoisotopic (exact) mass is 111 g/mol. The summed E-state index contributed by atoms with van der Waals surface area (Å²) in [4.78, 5) is 0. The van der Waals surface area contributed by atoms with Crippen molar-refractivity contribution in [2.45, 2.75) is 19.4 Å². The highest BCUT2D eigenvalue weighted by molar-refractivity contribution is 5.12. The number of epoxide rings is 1. The van der Waals surface area contributed by atoms with Gasteiger partial charge in [-0.2, -0.15) is 5.26 Å². The summed E-state index contributed by atoms with van der Waals surface area (Å²) in [6, 6.07) is 2.13. The second-order valence-electron chi connectivity index (χ2n) is 2.44. The third-order valence-corrected chi connectivity index (χ3v) is 1.58. The fourth-order valence-corrected chi connectivity index (χ4v) is 0.605. The smallest absolute Gasteiger partial charge is 0.179 e. The molecule has 1 fully saturated rings. The first-order valence-corrected chi connectivity index (χ1v) is 2.76. The zero-order chi connectivity index (χ0) is 6.20. The number of rotatable bonds is 1. The van der Waals surface area contributed by atoms with E-state index >= 15 is 0 Å². The molecule has 0 saturated carbocycles. The Hall–Kier alpha value is -0.550. The molecule has 0 N–H and O–H groups in total. The highest BCUT2D eigenvalue weighted by Gasteiger charge is 2.48. The molecule has 1 aliphatic rings. The van der Waals surface area contributed by atoms with Crippen molar-refractivity contribution >= 4 is 0 Å². The van der Waals surface area contributed by atoms with Gasteiger partial charge in [0.1, 0.15) is 6.07 Å². The topological polar surface area (TPSA) is 36.3 Å². The molecule has 0 aromatic rings. The normalized spacial score (nSPS) is 34.8. The van der Waals surface area contributed by atoms with Crippen LogP contribution in [-0.2, 0) is 4.74 Å². The summed E-state index contributed by atoms with van der Waals surface area (Å²) in [6.07, 6.45) is 0. The van der Waals surface area contributed by atoms with E-state index in [1.54, 1.807) is 0 Å². The van der Waals surface area contributed by atoms with Crippen molar-refractivity contribution in [3.63, 3.8) is 0 Å². The molecule has 1 heterocycles. The van der Waals surface area contributed by atoms with Gasteiger partial charge < -0.3 is 4.74 Å². The molecular weight excluding hydrogens is 102 g/mol. The van der Waals surface area contributed by atoms with Gasteiger partial charge in [-0.15, -0.1) is 0 Å². The van der Waals surface area contributed by atoms with Crippen molar-refractivity contribution in [2.24, 2.45) is 5.92 Å². The Morgan fingerprint density at radius 1 is 1.75 bits per heavy atom. The van der Waals surface area contributed by atoms with Gasteiger partial charge in [0.2, 0.25) is 0 Å². The van der Waals surface area contributed by atoms with Crippen molar-refractivity contribution in [2.75, 3.05) is 6.61 Å². The van der Waals surface area contributed by atoms with Gasteiger partial charge in [0, 0.05) is 0 Å². The fraction of sp³-hybridized carbons (Fsp3) is 0.833. The van der Waals surface area contributed by atoms with E-state index in [0.29, 0.717) is 12.5 Å². The minimum Gasteiger partial charge on any atom is -0.353 e. The summed E-state index contributed by atoms with van der Waals surface area (Å²) in [5.41, 5.74) is -0.403. The Labute approximate surface area is 49.1 Å². The van der Waals surface area contributed by atoms with Gasteiger partial charge in [0.25, 0.3) is 0 Å². The van der Waals surface area contributed by atoms with E-state index in [4.69, 9.17) is 10.00 Å². The Morgan fingerprint density at radius 3 is 2.25 bits per heavy atom. The van der Waals surface area contributed by atoms with Gasteiger partial charge in [-0.1, -0.05) is 13.8 Å². The number of nitrogens with zero attached hydrogens (tertiary/aromatic N) is 1. The SMILES string of the molecule is CC(C)C1(C#N)CO1. The maximum absolute atomic E-state index is 8.45. The largest absolute Gasteiger partial charge is 0.353 e. The quantitative estimate of drug-likeness (QED) is 0.472. The van der Waals surface area contributed by atoms with Gasteiger partial charge in [-0.25, -0.2) is 0 Å². The standard InChI is InChI=1S/C6H9NO/c1-5(2)6(3-7)4-8-6/h5H,4H2,1-2H3. The minimum atomic E-state index is -0.403. The molecule has 1 unspecified atom stereocenters. The predicted octanol–water partition coefficient (Wildman–Crippen LogP) is 0.935. The molecule has 0 amide bonds. The predicted molar refractivity (Wildman–Crippen MR) is 29.1 cm³/mol. The summed E-state index contributed by atoms with van der Waals surface area (Å²) in [5.74, 6) is 0.340. The number of ether oxygens (including phenoxy) is 1. The van der Waals surface area contributed by atoms with E-state index in [1.165, 1.54) is 0 Å². The molecule has 8 heavy (non-hydrogen) atoms. The minimum absolute atomic E-state index is 0.340. The highest BCUT2D eigenvalue weighted by atomic mass is 16.6. The van der Waals surface area contributed by atoms with Crippen LogP contribution >= 0.6 is 0 Å². The third-order valence-electron chi connectivity index (χ3n) is 1.58. The van der Waals surface area contributed by atoms with E-state index in [9.17, 15) is 0 Å². The van der Waals surface area contributed by atoms with E-state index in [0.717, 1.165) is 0 Å². The van der Waals surface area contributed by atoms with Gasteiger partial charge >= 0.3 is 0 Å². The Morgan fingerprint density at radius 2 is 2.25 bits per heavy atom. The van der Waals surface area contributed by atoms with Crippen LogP contribution in [0.2, 0.25) is 0 Å². The average Bonchev–Trinajstić information content (AvgIpc) is 2.44. The van der Waals surface area contributed by atoms with Gasteiger partial charge in [0.15, 0.2) is 5.60 Å². The molecule has 2 heteroatoms. The van der Waals surface area contributed by atoms with Crippen molar-refractivity contribution < 1.29 is 4.74 Å². The lowest BCUT2D eigenvalue weighted by molar-refractivity contribution is 0.296. The highest BCUT2D eigenvalue weighted by Crippen LogP contribution is 2.33. The lowest BCUT2D eigenvalue weighted by Crippen LogP contribution is -2.15. The summed E-state index contributed by atoms with van der Waals surface area (Å²) >= 11 is 0. The second kappa shape index (κ2) is 1.46. The molecule has 0 spiro atoms. The molecular formula is C6H9NO. The van der Waals surface area contributed by atoms with Crippen LogP contribution in [0.4, 0.5) is 0 Å². The first-order valence-electron chi connectivity index (χ1n) is 2.76. The Bertz CT molecular complexity index is 130. The summed E-state index contributed by atoms with van der Waals surface area (Å²) in [7, 11) is 0. The molecule has 0 radical (unpaired) electrons. The van der Waals surface area contributed by atoms with Crippen LogP contribution in [-0.4, -0.2) is 12.2 Å². The Kier molecular flexibility index (Phi) is 1.02. The van der Waals surface area contributed by atoms with E-state index in [2.05, 4.69) is 6.07 Å². The van der Waals surface area contributed by atoms with Crippen LogP contribution < -0.4 is 0 Å². The molecule has 44 valence electrons. The molecule has 1 aliphatic heterocycles. The average molecular weight is 111 g/mol. The molecule has 1 atom stereocenters. The van der Waals surface area contributed by atoms with Crippen molar-refractivity contribution in [3.8, 4) is 6.07 Å². The van der Waals surface area contributed by atoms with Gasteiger partial charge in [0.05, 0.1) is 6.61 Å². The zero-order valence-electron chi connectivity index (χ0n) is 5.14. The first kappa shape index (κ1) is 5.58. The van der Waals surface area contributed by atoms with Crippen LogP contribution in [0.3, 0.4) is 0 Å². The number of hydrogen-bond donors (Lipinski definition) is 0. The summed E-state index contributed by atoms with van der Waals surface area (Å²) in [6.45, 7) is 4.62. The fourth-order valence-electron chi connectivity index (χ4n) is 0.605. The van der Waals surface area contributed by atoms with Crippen LogP contribution in [0.25, 0.3) is 0 Å². The Balaban J connectivity index is 2.57. The molecule has 0 bridgehead atoms. The van der Waals surface area contributed by atoms with Crippen molar-refractivity contribution in [1.82, 2.24) is 0 Å². The lowest BCUT2D eigenvalue weighted by atomic mass is 9.99. The van der Waals surface area contributed by atoms with Crippen LogP contribution in [0.15, 0.2) is 0 Å². The molecule has 2 nitrogen and oxygen atoms in total. The van der Waals surface area contributed by atoms with Crippen LogP contribution in [0, 0.1) is 17.2 Å². The van der Waals surface area contributed by atoms with E-state index in [-0.39, 0.29) is 0 Å². The molecule has 0 aliphatic carbocycles. The summed E-state index contributed by atoms with van der Waals surface area (Å²) < 4.78 is 4.95. The number of hydrogen-bond acceptors (Lipinski definition) is 2. The van der Waals surface area contributed by atoms with Crippen LogP contribution in [0.1, 0.15) is 13.8 Å². The summed E-state index contributed by atoms with van der Waals surface area (Å²) in [5, 5.41) is 8.45. The second-order valence-corrected chi connectivity index (χ2v) is 2.44. The zero-order valence-corrected chi connectivity index (χ0v) is 5.14. The van der Waals surface area contributed by atoms with E-state index in [1.807, 2.05) is 13.8 Å². The molecule has 1 rings (SSSR count).